The van der Waals surface area contributed by atoms with E-state index in [2.05, 4.69) is 20.8 Å². The minimum Gasteiger partial charge on any atom is -0.451 e. The Labute approximate surface area is 96.5 Å². The summed E-state index contributed by atoms with van der Waals surface area (Å²) in [5.74, 6) is 0.0298. The van der Waals surface area contributed by atoms with Crippen molar-refractivity contribution in [3.63, 3.8) is 0 Å². The van der Waals surface area contributed by atoms with E-state index >= 15 is 0 Å². The highest BCUT2D eigenvalue weighted by molar-refractivity contribution is 5.84. The number of ether oxygens (including phenoxy) is 1. The maximum absolute atomic E-state index is 11.4. The van der Waals surface area contributed by atoms with Crippen LogP contribution in [0.5, 0.6) is 0 Å². The number of rotatable bonds is 3. The number of nitrogens with two attached hydrogens (primary N) is 1. The maximum atomic E-state index is 11.4. The lowest BCUT2D eigenvalue weighted by Gasteiger charge is -2.41. The zero-order valence-corrected chi connectivity index (χ0v) is 10.3. The summed E-state index contributed by atoms with van der Waals surface area (Å²) in [7, 11) is 0. The van der Waals surface area contributed by atoms with E-state index in [0.717, 1.165) is 12.8 Å². The molecule has 4 nitrogen and oxygen atoms in total. The molecular weight excluding hydrogens is 206 g/mol. The van der Waals surface area contributed by atoms with Crippen molar-refractivity contribution in [3.05, 3.63) is 0 Å². The third kappa shape index (κ3) is 2.54. The molecule has 0 radical (unpaired) electrons. The highest BCUT2D eigenvalue weighted by Gasteiger charge is 2.44. The van der Waals surface area contributed by atoms with Crippen LogP contribution in [0.15, 0.2) is 0 Å². The zero-order valence-electron chi connectivity index (χ0n) is 10.3. The molecule has 16 heavy (non-hydrogen) atoms. The second kappa shape index (κ2) is 4.44. The van der Waals surface area contributed by atoms with Gasteiger partial charge in [0.05, 0.1) is 0 Å². The third-order valence-electron chi connectivity index (χ3n) is 3.74. The van der Waals surface area contributed by atoms with Crippen LogP contribution in [0.1, 0.15) is 46.5 Å². The first kappa shape index (κ1) is 13.0. The Kier molecular flexibility index (Phi) is 3.61. The molecule has 0 atom stereocenters. The molecule has 1 amide bonds. The van der Waals surface area contributed by atoms with Crippen molar-refractivity contribution < 1.29 is 14.3 Å². The molecule has 0 saturated heterocycles. The largest absolute Gasteiger partial charge is 0.451 e. The average molecular weight is 227 g/mol. The van der Waals surface area contributed by atoms with Crippen molar-refractivity contribution in [2.45, 2.75) is 52.1 Å². The van der Waals surface area contributed by atoms with E-state index in [0.29, 0.717) is 25.2 Å². The number of primary amides is 1. The molecule has 0 aromatic rings. The molecule has 4 heteroatoms. The minimum atomic E-state index is -1.05. The molecule has 1 rings (SSSR count). The van der Waals surface area contributed by atoms with Crippen LogP contribution in [0.2, 0.25) is 0 Å². The second-order valence-electron chi connectivity index (χ2n) is 5.71. The SMILES string of the molecule is CC(C)(C)C1CCC(OC=O)(C(N)=O)CC1. The van der Waals surface area contributed by atoms with E-state index in [4.69, 9.17) is 10.5 Å². The van der Waals surface area contributed by atoms with Crippen LogP contribution in [0.25, 0.3) is 0 Å². The first-order chi connectivity index (χ1) is 7.32. The summed E-state index contributed by atoms with van der Waals surface area (Å²) >= 11 is 0. The quantitative estimate of drug-likeness (QED) is 0.745. The van der Waals surface area contributed by atoms with E-state index in [1.807, 2.05) is 0 Å². The lowest BCUT2D eigenvalue weighted by molar-refractivity contribution is -0.161. The maximum Gasteiger partial charge on any atom is 0.294 e. The van der Waals surface area contributed by atoms with Gasteiger partial charge in [0, 0.05) is 0 Å². The van der Waals surface area contributed by atoms with Gasteiger partial charge in [0.2, 0.25) is 0 Å². The van der Waals surface area contributed by atoms with Crippen molar-refractivity contribution >= 4 is 12.4 Å². The van der Waals surface area contributed by atoms with Gasteiger partial charge in [-0.2, -0.15) is 0 Å². The molecule has 92 valence electrons. The molecule has 0 spiro atoms. The number of carbonyl (C=O) groups is 2. The van der Waals surface area contributed by atoms with Gasteiger partial charge in [-0.25, -0.2) is 0 Å². The van der Waals surface area contributed by atoms with Gasteiger partial charge in [-0.1, -0.05) is 20.8 Å². The molecule has 0 aliphatic heterocycles. The zero-order chi connectivity index (χ0) is 12.4. The Morgan fingerprint density at radius 2 is 1.88 bits per heavy atom. The lowest BCUT2D eigenvalue weighted by Crippen LogP contribution is -2.49. The van der Waals surface area contributed by atoms with Crippen molar-refractivity contribution in [2.24, 2.45) is 17.1 Å². The van der Waals surface area contributed by atoms with Crippen LogP contribution < -0.4 is 5.73 Å². The minimum absolute atomic E-state index is 0.227. The van der Waals surface area contributed by atoms with Crippen LogP contribution >= 0.6 is 0 Å². The van der Waals surface area contributed by atoms with Gasteiger partial charge in [-0.3, -0.25) is 9.59 Å². The van der Waals surface area contributed by atoms with E-state index in [1.165, 1.54) is 0 Å². The topological polar surface area (TPSA) is 69.4 Å². The second-order valence-corrected chi connectivity index (χ2v) is 5.71. The number of carbonyl (C=O) groups excluding carboxylic acids is 2. The fraction of sp³-hybridized carbons (Fsp3) is 0.833. The van der Waals surface area contributed by atoms with Crippen LogP contribution in [-0.4, -0.2) is 18.0 Å². The van der Waals surface area contributed by atoms with Crippen molar-refractivity contribution in [2.75, 3.05) is 0 Å². The molecule has 1 fully saturated rings. The van der Waals surface area contributed by atoms with E-state index < -0.39 is 11.5 Å². The predicted molar refractivity (Wildman–Crippen MR) is 60.5 cm³/mol. The Morgan fingerprint density at radius 3 is 2.19 bits per heavy atom. The summed E-state index contributed by atoms with van der Waals surface area (Å²) in [5, 5.41) is 0. The Bertz CT molecular complexity index is 272. The smallest absolute Gasteiger partial charge is 0.294 e. The normalized spacial score (nSPS) is 30.8. The average Bonchev–Trinajstić information content (AvgIpc) is 2.17. The summed E-state index contributed by atoms with van der Waals surface area (Å²) < 4.78 is 4.94. The molecule has 0 aromatic carbocycles. The van der Waals surface area contributed by atoms with Crippen LogP contribution in [0, 0.1) is 11.3 Å². The molecule has 1 aliphatic rings. The number of hydrogen-bond acceptors (Lipinski definition) is 3. The first-order valence-corrected chi connectivity index (χ1v) is 5.73. The molecule has 2 N–H and O–H groups in total. The Hall–Kier alpha value is -1.06. The lowest BCUT2D eigenvalue weighted by atomic mass is 9.68. The van der Waals surface area contributed by atoms with Crippen LogP contribution in [-0.2, 0) is 14.3 Å². The summed E-state index contributed by atoms with van der Waals surface area (Å²) in [6.45, 7) is 6.91. The summed E-state index contributed by atoms with van der Waals surface area (Å²) in [6.07, 6.45) is 2.84. The molecule has 0 heterocycles. The van der Waals surface area contributed by atoms with Gasteiger partial charge in [-0.05, 0) is 37.0 Å². The van der Waals surface area contributed by atoms with E-state index in [9.17, 15) is 9.59 Å². The van der Waals surface area contributed by atoms with Gasteiger partial charge in [-0.15, -0.1) is 0 Å². The molecule has 1 aliphatic carbocycles. The molecule has 0 bridgehead atoms. The number of amides is 1. The fourth-order valence-corrected chi connectivity index (χ4v) is 2.46. The van der Waals surface area contributed by atoms with Crippen LogP contribution in [0.3, 0.4) is 0 Å². The van der Waals surface area contributed by atoms with Gasteiger partial charge in [0.15, 0.2) is 5.60 Å². The van der Waals surface area contributed by atoms with Gasteiger partial charge in [0.1, 0.15) is 0 Å². The highest BCUT2D eigenvalue weighted by atomic mass is 16.5. The molecule has 0 unspecified atom stereocenters. The summed E-state index contributed by atoms with van der Waals surface area (Å²) in [4.78, 5) is 21.8. The highest BCUT2D eigenvalue weighted by Crippen LogP contribution is 2.42. The fourth-order valence-electron chi connectivity index (χ4n) is 2.46. The monoisotopic (exact) mass is 227 g/mol. The molecule has 0 aromatic heterocycles. The Morgan fingerprint density at radius 1 is 1.38 bits per heavy atom. The van der Waals surface area contributed by atoms with Gasteiger partial charge in [0.25, 0.3) is 12.4 Å². The van der Waals surface area contributed by atoms with E-state index in [-0.39, 0.29) is 5.41 Å². The van der Waals surface area contributed by atoms with Crippen molar-refractivity contribution in [1.82, 2.24) is 0 Å². The summed E-state index contributed by atoms with van der Waals surface area (Å²) in [6, 6.07) is 0. The first-order valence-electron chi connectivity index (χ1n) is 5.73. The predicted octanol–water partition coefficient (Wildman–Crippen LogP) is 1.62. The summed E-state index contributed by atoms with van der Waals surface area (Å²) in [5.41, 5.74) is 4.50. The third-order valence-corrected chi connectivity index (χ3v) is 3.74. The van der Waals surface area contributed by atoms with Crippen LogP contribution in [0.4, 0.5) is 0 Å². The number of hydrogen-bond donors (Lipinski definition) is 1. The molecular formula is C12H21NO3. The van der Waals surface area contributed by atoms with Crippen molar-refractivity contribution in [3.8, 4) is 0 Å². The van der Waals surface area contributed by atoms with Gasteiger partial charge < -0.3 is 10.5 Å². The van der Waals surface area contributed by atoms with Gasteiger partial charge >= 0.3 is 0 Å². The standard InChI is InChI=1S/C12H21NO3/c1-11(2,3)9-4-6-12(7-5-9,10(13)15)16-8-14/h8-9H,4-7H2,1-3H3,(H2,13,15). The molecule has 1 saturated carbocycles. The van der Waals surface area contributed by atoms with E-state index in [1.54, 1.807) is 0 Å². The Balaban J connectivity index is 2.70. The van der Waals surface area contributed by atoms with Crippen molar-refractivity contribution in [1.29, 1.82) is 0 Å².